The van der Waals surface area contributed by atoms with Gasteiger partial charge in [-0.1, -0.05) is 24.3 Å². The fourth-order valence-electron chi connectivity index (χ4n) is 3.95. The van der Waals surface area contributed by atoms with Crippen molar-refractivity contribution in [3.8, 4) is 0 Å². The molecular weight excluding hydrogens is 316 g/mol. The third-order valence-electron chi connectivity index (χ3n) is 5.23. The molecule has 0 spiro atoms. The fraction of sp³-hybridized carbons (Fsp3) is 0.250. The van der Waals surface area contributed by atoms with Crippen LogP contribution in [0.2, 0.25) is 0 Å². The number of Topliss-reactive ketones (excluding diaryl/α,β-unsaturated/α-hetero) is 1. The Balaban J connectivity index is 1.72. The molecule has 1 N–H and O–H groups in total. The van der Waals surface area contributed by atoms with Crippen LogP contribution in [0.5, 0.6) is 0 Å². The first kappa shape index (κ1) is 15.6. The lowest BCUT2D eigenvalue weighted by Gasteiger charge is -2.37. The Bertz CT molecular complexity index is 886. The summed E-state index contributed by atoms with van der Waals surface area (Å²) >= 11 is 0. The molecule has 5 heteroatoms. The molecule has 2 aliphatic rings. The first-order valence-electron chi connectivity index (χ1n) is 8.37. The number of nitrogens with one attached hydrogen (secondary N) is 1. The van der Waals surface area contributed by atoms with Gasteiger partial charge in [-0.3, -0.25) is 14.9 Å². The maximum atomic E-state index is 11.7. The Morgan fingerprint density at radius 3 is 2.64 bits per heavy atom. The van der Waals surface area contributed by atoms with E-state index in [1.165, 1.54) is 0 Å². The topological polar surface area (TPSA) is 72.2 Å². The van der Waals surface area contributed by atoms with Gasteiger partial charge in [-0.15, -0.1) is 0 Å². The van der Waals surface area contributed by atoms with Crippen molar-refractivity contribution < 1.29 is 9.72 Å². The second kappa shape index (κ2) is 5.84. The maximum absolute atomic E-state index is 11.7. The summed E-state index contributed by atoms with van der Waals surface area (Å²) in [6.07, 6.45) is 5.35. The molecule has 3 atom stereocenters. The highest BCUT2D eigenvalue weighted by molar-refractivity contribution is 5.95. The van der Waals surface area contributed by atoms with Crippen molar-refractivity contribution >= 4 is 17.2 Å². The molecule has 1 aliphatic heterocycles. The summed E-state index contributed by atoms with van der Waals surface area (Å²) in [4.78, 5) is 22.2. The van der Waals surface area contributed by atoms with Crippen molar-refractivity contribution in [1.82, 2.24) is 0 Å². The van der Waals surface area contributed by atoms with Crippen molar-refractivity contribution in [3.05, 3.63) is 81.4 Å². The van der Waals surface area contributed by atoms with Gasteiger partial charge in [-0.25, -0.2) is 0 Å². The Morgan fingerprint density at radius 2 is 1.96 bits per heavy atom. The van der Waals surface area contributed by atoms with E-state index in [0.29, 0.717) is 5.92 Å². The van der Waals surface area contributed by atoms with Gasteiger partial charge < -0.3 is 5.32 Å². The first-order valence-corrected chi connectivity index (χ1v) is 8.37. The zero-order chi connectivity index (χ0) is 17.6. The summed E-state index contributed by atoms with van der Waals surface area (Å²) in [5, 5.41) is 14.5. The van der Waals surface area contributed by atoms with Gasteiger partial charge in [-0.05, 0) is 48.6 Å². The number of ketones is 1. The van der Waals surface area contributed by atoms with Gasteiger partial charge in [0.05, 0.1) is 11.0 Å². The second-order valence-corrected chi connectivity index (χ2v) is 6.68. The molecule has 0 amide bonds. The van der Waals surface area contributed by atoms with Crippen LogP contribution in [0.4, 0.5) is 11.4 Å². The number of fused-ring (bicyclic) bond motifs is 3. The van der Waals surface area contributed by atoms with Crippen molar-refractivity contribution in [2.24, 2.45) is 5.92 Å². The monoisotopic (exact) mass is 334 g/mol. The lowest BCUT2D eigenvalue weighted by atomic mass is 9.76. The number of hydrogen-bond donors (Lipinski definition) is 1. The summed E-state index contributed by atoms with van der Waals surface area (Å²) in [5.41, 5.74) is 4.07. The van der Waals surface area contributed by atoms with Crippen molar-refractivity contribution in [3.63, 3.8) is 0 Å². The number of rotatable bonds is 3. The average Bonchev–Trinajstić information content (AvgIpc) is 3.10. The standard InChI is InChI=1S/C20H18N2O3/c1-12(23)14-7-10-19-18(11-14)16-3-2-4-17(16)20(21-19)13-5-8-15(9-6-13)22(24)25/h2-3,5-11,16-17,20-21H,4H2,1H3/t16-,17+,20+/m0/s1. The predicted molar refractivity (Wildman–Crippen MR) is 95.9 cm³/mol. The normalized spacial score (nSPS) is 23.5. The molecule has 25 heavy (non-hydrogen) atoms. The van der Waals surface area contributed by atoms with Gasteiger partial charge in [-0.2, -0.15) is 0 Å². The Kier molecular flexibility index (Phi) is 3.64. The number of nitro groups is 1. The summed E-state index contributed by atoms with van der Waals surface area (Å²) in [6.45, 7) is 1.58. The average molecular weight is 334 g/mol. The molecule has 5 nitrogen and oxygen atoms in total. The van der Waals surface area contributed by atoms with Crippen molar-refractivity contribution in [2.45, 2.75) is 25.3 Å². The van der Waals surface area contributed by atoms with Crippen LogP contribution in [0, 0.1) is 16.0 Å². The minimum absolute atomic E-state index is 0.0684. The zero-order valence-corrected chi connectivity index (χ0v) is 13.8. The van der Waals surface area contributed by atoms with E-state index in [4.69, 9.17) is 0 Å². The lowest BCUT2D eigenvalue weighted by molar-refractivity contribution is -0.384. The Labute approximate surface area is 145 Å². The molecule has 0 fully saturated rings. The van der Waals surface area contributed by atoms with E-state index in [2.05, 4.69) is 17.5 Å². The zero-order valence-electron chi connectivity index (χ0n) is 13.8. The van der Waals surface area contributed by atoms with Crippen LogP contribution in [-0.2, 0) is 0 Å². The van der Waals surface area contributed by atoms with Crippen molar-refractivity contribution in [1.29, 1.82) is 0 Å². The van der Waals surface area contributed by atoms with Gasteiger partial charge in [0.2, 0.25) is 0 Å². The van der Waals surface area contributed by atoms with Crippen LogP contribution in [0.25, 0.3) is 0 Å². The van der Waals surface area contributed by atoms with Gasteiger partial charge in [0.15, 0.2) is 5.78 Å². The molecule has 126 valence electrons. The molecule has 0 bridgehead atoms. The molecule has 4 rings (SSSR count). The molecule has 0 aromatic heterocycles. The fourth-order valence-corrected chi connectivity index (χ4v) is 3.95. The van der Waals surface area contributed by atoms with Gasteiger partial charge in [0.1, 0.15) is 0 Å². The summed E-state index contributed by atoms with van der Waals surface area (Å²) in [6, 6.07) is 12.7. The summed E-state index contributed by atoms with van der Waals surface area (Å²) in [5.74, 6) is 0.672. The number of allylic oxidation sites excluding steroid dienone is 2. The Morgan fingerprint density at radius 1 is 1.20 bits per heavy atom. The molecule has 0 radical (unpaired) electrons. The van der Waals surface area contributed by atoms with Crippen LogP contribution in [0.3, 0.4) is 0 Å². The highest BCUT2D eigenvalue weighted by atomic mass is 16.6. The largest absolute Gasteiger partial charge is 0.378 e. The van der Waals surface area contributed by atoms with Crippen LogP contribution < -0.4 is 5.32 Å². The number of benzene rings is 2. The molecule has 1 heterocycles. The van der Waals surface area contributed by atoms with E-state index in [9.17, 15) is 14.9 Å². The molecule has 2 aromatic carbocycles. The minimum atomic E-state index is -0.378. The number of nitrogens with zero attached hydrogens (tertiary/aromatic N) is 1. The Hall–Kier alpha value is -2.95. The van der Waals surface area contributed by atoms with E-state index in [-0.39, 0.29) is 28.4 Å². The number of anilines is 1. The van der Waals surface area contributed by atoms with E-state index < -0.39 is 0 Å². The number of carbonyl (C=O) groups is 1. The highest BCUT2D eigenvalue weighted by Crippen LogP contribution is 2.50. The van der Waals surface area contributed by atoms with E-state index in [1.807, 2.05) is 30.3 Å². The third-order valence-corrected chi connectivity index (χ3v) is 5.23. The van der Waals surface area contributed by atoms with Crippen molar-refractivity contribution in [2.75, 3.05) is 5.32 Å². The predicted octanol–water partition coefficient (Wildman–Crippen LogP) is 4.62. The van der Waals surface area contributed by atoms with Crippen LogP contribution >= 0.6 is 0 Å². The van der Waals surface area contributed by atoms with Crippen LogP contribution in [0.15, 0.2) is 54.6 Å². The number of non-ortho nitro benzene ring substituents is 1. The van der Waals surface area contributed by atoms with Gasteiger partial charge in [0.25, 0.3) is 5.69 Å². The van der Waals surface area contributed by atoms with E-state index in [1.54, 1.807) is 19.1 Å². The quantitative estimate of drug-likeness (QED) is 0.385. The molecule has 2 aromatic rings. The van der Waals surface area contributed by atoms with Crippen LogP contribution in [0.1, 0.15) is 46.8 Å². The molecule has 0 unspecified atom stereocenters. The third kappa shape index (κ3) is 2.61. The summed E-state index contributed by atoms with van der Waals surface area (Å²) in [7, 11) is 0. The molecule has 0 saturated carbocycles. The minimum Gasteiger partial charge on any atom is -0.378 e. The maximum Gasteiger partial charge on any atom is 0.269 e. The van der Waals surface area contributed by atoms with E-state index in [0.717, 1.165) is 28.8 Å². The van der Waals surface area contributed by atoms with Crippen LogP contribution in [-0.4, -0.2) is 10.7 Å². The van der Waals surface area contributed by atoms with Gasteiger partial charge >= 0.3 is 0 Å². The lowest BCUT2D eigenvalue weighted by Crippen LogP contribution is -2.29. The first-order chi connectivity index (χ1) is 12.0. The second-order valence-electron chi connectivity index (χ2n) is 6.68. The number of carbonyl (C=O) groups excluding carboxylic acids is 1. The number of nitro benzene ring substituents is 1. The number of hydrogen-bond acceptors (Lipinski definition) is 4. The van der Waals surface area contributed by atoms with E-state index >= 15 is 0 Å². The highest BCUT2D eigenvalue weighted by Gasteiger charge is 2.38. The molecule has 0 saturated heterocycles. The van der Waals surface area contributed by atoms with Gasteiger partial charge in [0, 0.05) is 29.3 Å². The molecular formula is C20H18N2O3. The SMILES string of the molecule is CC(=O)c1ccc2c(c1)[C@H]1C=CC[C@H]1[C@@H](c1ccc([N+](=O)[O-])cc1)N2. The summed E-state index contributed by atoms with van der Waals surface area (Å²) < 4.78 is 0. The molecule has 1 aliphatic carbocycles. The smallest absolute Gasteiger partial charge is 0.269 e.